The minimum Gasteiger partial charge on any atom is -0.468 e. The van der Waals surface area contributed by atoms with Gasteiger partial charge in [-0.25, -0.2) is 0 Å². The molecule has 0 N–H and O–H groups in total. The molecular weight excluding hydrogens is 178 g/mol. The Morgan fingerprint density at radius 1 is 1.14 bits per heavy atom. The summed E-state index contributed by atoms with van der Waals surface area (Å²) in [6, 6.07) is -0.0712. The van der Waals surface area contributed by atoms with E-state index in [2.05, 4.69) is 4.90 Å². The third kappa shape index (κ3) is 3.29. The Kier molecular flexibility index (Phi) is 4.94. The zero-order chi connectivity index (χ0) is 10.4. The number of nitrogens with zero attached hydrogens (tertiary/aromatic N) is 1. The maximum atomic E-state index is 11.3. The molecule has 0 aromatic heterocycles. The maximum absolute atomic E-state index is 11.3. The number of methoxy groups -OCH3 is 1. The number of hydrogen-bond acceptors (Lipinski definition) is 3. The van der Waals surface area contributed by atoms with E-state index in [9.17, 15) is 4.79 Å². The summed E-state index contributed by atoms with van der Waals surface area (Å²) >= 11 is 0. The summed E-state index contributed by atoms with van der Waals surface area (Å²) in [5.74, 6) is -0.106. The number of hydrogen-bond donors (Lipinski definition) is 0. The minimum atomic E-state index is -0.106. The normalized spacial score (nSPS) is 22.1. The average Bonchev–Trinajstić information content (AvgIpc) is 2.15. The van der Waals surface area contributed by atoms with Crippen LogP contribution in [0.2, 0.25) is 0 Å². The molecule has 3 heteroatoms. The second-order valence-corrected chi connectivity index (χ2v) is 4.00. The summed E-state index contributed by atoms with van der Waals surface area (Å²) in [7, 11) is 1.46. The van der Waals surface area contributed by atoms with Crippen LogP contribution in [0.25, 0.3) is 0 Å². The molecule has 0 aromatic carbocycles. The molecule has 14 heavy (non-hydrogen) atoms. The van der Waals surface area contributed by atoms with E-state index in [4.69, 9.17) is 4.74 Å². The molecule has 1 aliphatic rings. The lowest BCUT2D eigenvalue weighted by molar-refractivity contribution is -0.146. The average molecular weight is 199 g/mol. The van der Waals surface area contributed by atoms with Gasteiger partial charge in [-0.15, -0.1) is 0 Å². The predicted octanol–water partition coefficient (Wildman–Crippen LogP) is 1.81. The van der Waals surface area contributed by atoms with Crippen molar-refractivity contribution in [3.8, 4) is 0 Å². The van der Waals surface area contributed by atoms with Crippen LogP contribution in [0.4, 0.5) is 0 Å². The molecule has 1 rings (SSSR count). The van der Waals surface area contributed by atoms with Gasteiger partial charge in [0.2, 0.25) is 0 Å². The van der Waals surface area contributed by atoms with Crippen LogP contribution < -0.4 is 0 Å². The summed E-state index contributed by atoms with van der Waals surface area (Å²) in [6.07, 6.45) is 6.36. The number of carbonyl (C=O) groups excluding carboxylic acids is 1. The Morgan fingerprint density at radius 3 is 2.14 bits per heavy atom. The standard InChI is InChI=1S/C11H21NO2/c1-10(11(13)14-2)12-8-6-4-3-5-7-9-12/h10H,3-9H2,1-2H3. The Balaban J connectivity index is 2.42. The van der Waals surface area contributed by atoms with Crippen LogP contribution in [-0.4, -0.2) is 37.1 Å². The van der Waals surface area contributed by atoms with Crippen LogP contribution >= 0.6 is 0 Å². The Morgan fingerprint density at radius 2 is 1.64 bits per heavy atom. The van der Waals surface area contributed by atoms with Gasteiger partial charge < -0.3 is 4.74 Å². The Hall–Kier alpha value is -0.570. The van der Waals surface area contributed by atoms with Gasteiger partial charge in [-0.3, -0.25) is 9.69 Å². The zero-order valence-corrected chi connectivity index (χ0v) is 9.29. The second kappa shape index (κ2) is 6.02. The molecule has 1 unspecified atom stereocenters. The molecule has 1 atom stereocenters. The number of likely N-dealkylation sites (tertiary alicyclic amines) is 1. The van der Waals surface area contributed by atoms with Crippen molar-refractivity contribution in [3.63, 3.8) is 0 Å². The van der Waals surface area contributed by atoms with Gasteiger partial charge in [-0.05, 0) is 32.9 Å². The van der Waals surface area contributed by atoms with E-state index in [1.165, 1.54) is 39.2 Å². The highest BCUT2D eigenvalue weighted by molar-refractivity contribution is 5.75. The highest BCUT2D eigenvalue weighted by atomic mass is 16.5. The number of rotatable bonds is 2. The first-order chi connectivity index (χ1) is 6.75. The van der Waals surface area contributed by atoms with Gasteiger partial charge in [0.15, 0.2) is 0 Å². The lowest BCUT2D eigenvalue weighted by atomic mass is 10.1. The quantitative estimate of drug-likeness (QED) is 0.635. The van der Waals surface area contributed by atoms with Crippen molar-refractivity contribution in [1.29, 1.82) is 0 Å². The topological polar surface area (TPSA) is 29.5 Å². The molecule has 1 heterocycles. The van der Waals surface area contributed by atoms with E-state index >= 15 is 0 Å². The molecule has 0 saturated carbocycles. The molecule has 1 aliphatic heterocycles. The summed E-state index contributed by atoms with van der Waals surface area (Å²) in [5.41, 5.74) is 0. The Labute approximate surface area is 86.4 Å². The van der Waals surface area contributed by atoms with Crippen LogP contribution in [0.15, 0.2) is 0 Å². The third-order valence-electron chi connectivity index (χ3n) is 2.98. The molecular formula is C11H21NO2. The number of esters is 1. The van der Waals surface area contributed by atoms with Crippen molar-refractivity contribution in [2.24, 2.45) is 0 Å². The lowest BCUT2D eigenvalue weighted by Gasteiger charge is -2.28. The Bertz CT molecular complexity index is 174. The van der Waals surface area contributed by atoms with E-state index in [0.29, 0.717) is 0 Å². The van der Waals surface area contributed by atoms with Crippen molar-refractivity contribution in [1.82, 2.24) is 4.90 Å². The first kappa shape index (κ1) is 11.5. The lowest BCUT2D eigenvalue weighted by Crippen LogP contribution is -2.41. The largest absolute Gasteiger partial charge is 0.468 e. The molecule has 0 spiro atoms. The fourth-order valence-electron chi connectivity index (χ4n) is 1.98. The molecule has 0 amide bonds. The summed E-state index contributed by atoms with van der Waals surface area (Å²) in [6.45, 7) is 4.01. The molecule has 0 aliphatic carbocycles. The fourth-order valence-corrected chi connectivity index (χ4v) is 1.98. The van der Waals surface area contributed by atoms with Gasteiger partial charge in [-0.2, -0.15) is 0 Å². The van der Waals surface area contributed by atoms with Crippen molar-refractivity contribution in [3.05, 3.63) is 0 Å². The minimum absolute atomic E-state index is 0.0712. The van der Waals surface area contributed by atoms with Gasteiger partial charge in [0, 0.05) is 0 Å². The molecule has 3 nitrogen and oxygen atoms in total. The van der Waals surface area contributed by atoms with E-state index in [1.54, 1.807) is 0 Å². The van der Waals surface area contributed by atoms with Gasteiger partial charge in [0.1, 0.15) is 6.04 Å². The molecule has 0 aromatic rings. The van der Waals surface area contributed by atoms with E-state index in [0.717, 1.165) is 13.1 Å². The van der Waals surface area contributed by atoms with Gasteiger partial charge in [0.25, 0.3) is 0 Å². The first-order valence-corrected chi connectivity index (χ1v) is 5.57. The molecule has 82 valence electrons. The van der Waals surface area contributed by atoms with Crippen LogP contribution in [0, 0.1) is 0 Å². The number of carbonyl (C=O) groups is 1. The molecule has 0 bridgehead atoms. The first-order valence-electron chi connectivity index (χ1n) is 5.57. The van der Waals surface area contributed by atoms with E-state index in [1.807, 2.05) is 6.92 Å². The third-order valence-corrected chi connectivity index (χ3v) is 2.98. The van der Waals surface area contributed by atoms with Crippen molar-refractivity contribution >= 4 is 5.97 Å². The monoisotopic (exact) mass is 199 g/mol. The summed E-state index contributed by atoms with van der Waals surface area (Å²) in [5, 5.41) is 0. The smallest absolute Gasteiger partial charge is 0.322 e. The molecule has 1 saturated heterocycles. The van der Waals surface area contributed by atoms with Gasteiger partial charge in [-0.1, -0.05) is 19.3 Å². The van der Waals surface area contributed by atoms with Crippen molar-refractivity contribution in [2.45, 2.75) is 45.1 Å². The molecule has 1 fully saturated rings. The maximum Gasteiger partial charge on any atom is 0.322 e. The highest BCUT2D eigenvalue weighted by Gasteiger charge is 2.21. The number of ether oxygens (including phenoxy) is 1. The van der Waals surface area contributed by atoms with Crippen molar-refractivity contribution in [2.75, 3.05) is 20.2 Å². The van der Waals surface area contributed by atoms with Crippen LogP contribution in [0.5, 0.6) is 0 Å². The van der Waals surface area contributed by atoms with E-state index in [-0.39, 0.29) is 12.0 Å². The highest BCUT2D eigenvalue weighted by Crippen LogP contribution is 2.13. The molecule has 0 radical (unpaired) electrons. The summed E-state index contributed by atoms with van der Waals surface area (Å²) in [4.78, 5) is 13.6. The zero-order valence-electron chi connectivity index (χ0n) is 9.29. The summed E-state index contributed by atoms with van der Waals surface area (Å²) < 4.78 is 4.76. The van der Waals surface area contributed by atoms with E-state index < -0.39 is 0 Å². The van der Waals surface area contributed by atoms with Gasteiger partial charge in [0.05, 0.1) is 7.11 Å². The van der Waals surface area contributed by atoms with Gasteiger partial charge >= 0.3 is 5.97 Å². The van der Waals surface area contributed by atoms with Crippen LogP contribution in [0.1, 0.15) is 39.0 Å². The second-order valence-electron chi connectivity index (χ2n) is 4.00. The van der Waals surface area contributed by atoms with Crippen molar-refractivity contribution < 1.29 is 9.53 Å². The van der Waals surface area contributed by atoms with Crippen LogP contribution in [0.3, 0.4) is 0 Å². The van der Waals surface area contributed by atoms with Crippen LogP contribution in [-0.2, 0) is 9.53 Å². The predicted molar refractivity (Wildman–Crippen MR) is 56.1 cm³/mol. The fraction of sp³-hybridized carbons (Fsp3) is 0.909. The SMILES string of the molecule is COC(=O)C(C)N1CCCCCCC1.